The SMILES string of the molecule is COc1cc(C)c(S(=O)(=O)NCc2ccc(CN[C@@](C)(C(=O)O)C(C)C(=O)O)cc2)c(C)c1C. The van der Waals surface area contributed by atoms with Crippen molar-refractivity contribution in [3.63, 3.8) is 0 Å². The Kier molecular flexibility index (Phi) is 8.46. The van der Waals surface area contributed by atoms with E-state index in [1.54, 1.807) is 51.3 Å². The molecule has 0 heterocycles. The topological polar surface area (TPSA) is 142 Å². The van der Waals surface area contributed by atoms with Gasteiger partial charge in [0.05, 0.1) is 17.9 Å². The largest absolute Gasteiger partial charge is 0.496 e. The normalized spacial score (nSPS) is 14.3. The molecule has 0 aliphatic heterocycles. The second-order valence-corrected chi connectivity index (χ2v) is 10.2. The molecule has 0 aliphatic carbocycles. The number of rotatable bonds is 11. The minimum atomic E-state index is -3.77. The van der Waals surface area contributed by atoms with Crippen molar-refractivity contribution in [1.82, 2.24) is 10.0 Å². The summed E-state index contributed by atoms with van der Waals surface area (Å²) in [6, 6.07) is 8.64. The highest BCUT2D eigenvalue weighted by Crippen LogP contribution is 2.30. The van der Waals surface area contributed by atoms with Gasteiger partial charge in [0, 0.05) is 13.1 Å². The van der Waals surface area contributed by atoms with Crippen LogP contribution in [0.5, 0.6) is 5.75 Å². The Labute approximate surface area is 200 Å². The van der Waals surface area contributed by atoms with Crippen molar-refractivity contribution in [3.8, 4) is 5.75 Å². The second kappa shape index (κ2) is 10.5. The molecule has 2 atom stereocenters. The maximum Gasteiger partial charge on any atom is 0.324 e. The minimum absolute atomic E-state index is 0.0723. The molecule has 0 saturated carbocycles. The van der Waals surface area contributed by atoms with Crippen molar-refractivity contribution in [2.75, 3.05) is 7.11 Å². The summed E-state index contributed by atoms with van der Waals surface area (Å²) < 4.78 is 33.9. The standard InChI is InChI=1S/C24H32N2O7S/c1-14-11-20(33-6)15(2)16(3)21(14)34(31,32)26-13-19-9-7-18(8-10-19)12-25-24(5,23(29)30)17(4)22(27)28/h7-11,17,25-26H,12-13H2,1-6H3,(H,27,28)(H,29,30)/t17?,24-/m1/s1. The van der Waals surface area contributed by atoms with Gasteiger partial charge >= 0.3 is 11.9 Å². The van der Waals surface area contributed by atoms with Crippen molar-refractivity contribution in [2.45, 2.75) is 58.1 Å². The third kappa shape index (κ3) is 5.75. The van der Waals surface area contributed by atoms with Gasteiger partial charge in [-0.15, -0.1) is 0 Å². The number of methoxy groups -OCH3 is 1. The van der Waals surface area contributed by atoms with Gasteiger partial charge < -0.3 is 14.9 Å². The van der Waals surface area contributed by atoms with Gasteiger partial charge in [-0.3, -0.25) is 14.9 Å². The van der Waals surface area contributed by atoms with E-state index < -0.39 is 33.4 Å². The first-order chi connectivity index (χ1) is 15.7. The van der Waals surface area contributed by atoms with E-state index in [9.17, 15) is 28.2 Å². The number of aryl methyl sites for hydroxylation is 1. The highest BCUT2D eigenvalue weighted by Gasteiger charge is 2.42. The zero-order chi connectivity index (χ0) is 25.8. The van der Waals surface area contributed by atoms with Crippen molar-refractivity contribution in [2.24, 2.45) is 5.92 Å². The summed E-state index contributed by atoms with van der Waals surface area (Å²) in [4.78, 5) is 23.2. The summed E-state index contributed by atoms with van der Waals surface area (Å²) in [7, 11) is -2.23. The fraction of sp³-hybridized carbons (Fsp3) is 0.417. The molecular formula is C24H32N2O7S. The molecule has 0 saturated heterocycles. The Morgan fingerprint density at radius 2 is 1.56 bits per heavy atom. The minimum Gasteiger partial charge on any atom is -0.496 e. The van der Waals surface area contributed by atoms with Crippen molar-refractivity contribution >= 4 is 22.0 Å². The first kappa shape index (κ1) is 27.3. The van der Waals surface area contributed by atoms with E-state index in [-0.39, 0.29) is 18.0 Å². The molecule has 2 aromatic rings. The molecular weight excluding hydrogens is 460 g/mol. The molecule has 9 nitrogen and oxygen atoms in total. The summed E-state index contributed by atoms with van der Waals surface area (Å²) in [6.07, 6.45) is 0. The third-order valence-electron chi connectivity index (χ3n) is 6.30. The van der Waals surface area contributed by atoms with E-state index in [1.807, 2.05) is 6.92 Å². The Hall–Kier alpha value is -2.95. The van der Waals surface area contributed by atoms with Gasteiger partial charge in [-0.05, 0) is 68.5 Å². The van der Waals surface area contributed by atoms with Gasteiger partial charge in [-0.1, -0.05) is 24.3 Å². The number of benzene rings is 2. The Bertz CT molecular complexity index is 1180. The van der Waals surface area contributed by atoms with Crippen LogP contribution >= 0.6 is 0 Å². The lowest BCUT2D eigenvalue weighted by molar-refractivity contribution is -0.155. The summed E-state index contributed by atoms with van der Waals surface area (Å²) in [6.45, 7) is 8.16. The predicted molar refractivity (Wildman–Crippen MR) is 127 cm³/mol. The number of ether oxygens (including phenoxy) is 1. The van der Waals surface area contributed by atoms with Crippen LogP contribution < -0.4 is 14.8 Å². The molecule has 0 spiro atoms. The fourth-order valence-corrected chi connectivity index (χ4v) is 5.16. The van der Waals surface area contributed by atoms with Crippen LogP contribution in [0, 0.1) is 26.7 Å². The van der Waals surface area contributed by atoms with Gasteiger partial charge in [-0.25, -0.2) is 13.1 Å². The quantitative estimate of drug-likeness (QED) is 0.375. The van der Waals surface area contributed by atoms with Gasteiger partial charge in [0.1, 0.15) is 11.3 Å². The van der Waals surface area contributed by atoms with Gasteiger partial charge in [0.25, 0.3) is 0 Å². The zero-order valence-electron chi connectivity index (χ0n) is 20.2. The lowest BCUT2D eigenvalue weighted by Gasteiger charge is -2.30. The average molecular weight is 493 g/mol. The van der Waals surface area contributed by atoms with Gasteiger partial charge in [0.15, 0.2) is 0 Å². The van der Waals surface area contributed by atoms with E-state index in [1.165, 1.54) is 13.8 Å². The Balaban J connectivity index is 2.12. The van der Waals surface area contributed by atoms with Gasteiger partial charge in [0.2, 0.25) is 10.0 Å². The number of carbonyl (C=O) groups is 2. The highest BCUT2D eigenvalue weighted by molar-refractivity contribution is 7.89. The summed E-state index contributed by atoms with van der Waals surface area (Å²) in [5, 5.41) is 21.5. The summed E-state index contributed by atoms with van der Waals surface area (Å²) in [5.41, 5.74) is 1.78. The van der Waals surface area contributed by atoms with E-state index in [2.05, 4.69) is 10.0 Å². The molecule has 10 heteroatoms. The van der Waals surface area contributed by atoms with Crippen LogP contribution in [-0.2, 0) is 32.7 Å². The summed E-state index contributed by atoms with van der Waals surface area (Å²) in [5.74, 6) is -2.98. The second-order valence-electron chi connectivity index (χ2n) is 8.54. The van der Waals surface area contributed by atoms with Crippen LogP contribution in [0.4, 0.5) is 0 Å². The van der Waals surface area contributed by atoms with Crippen molar-refractivity contribution in [3.05, 3.63) is 58.1 Å². The maximum atomic E-state index is 13.0. The predicted octanol–water partition coefficient (Wildman–Crippen LogP) is 2.75. The molecule has 0 radical (unpaired) electrons. The van der Waals surface area contributed by atoms with E-state index >= 15 is 0 Å². The molecule has 0 fully saturated rings. The van der Waals surface area contributed by atoms with Crippen LogP contribution in [0.25, 0.3) is 0 Å². The van der Waals surface area contributed by atoms with E-state index in [4.69, 9.17) is 4.74 Å². The average Bonchev–Trinajstić information content (AvgIpc) is 2.78. The molecule has 0 aromatic heterocycles. The van der Waals surface area contributed by atoms with Crippen LogP contribution in [0.3, 0.4) is 0 Å². The monoisotopic (exact) mass is 492 g/mol. The number of sulfonamides is 1. The fourth-order valence-electron chi connectivity index (χ4n) is 3.62. The number of carboxylic acid groups (broad SMARTS) is 2. The first-order valence-corrected chi connectivity index (χ1v) is 12.2. The van der Waals surface area contributed by atoms with Gasteiger partial charge in [-0.2, -0.15) is 0 Å². The third-order valence-corrected chi connectivity index (χ3v) is 7.99. The number of carboxylic acids is 2. The Morgan fingerprint density at radius 3 is 2.03 bits per heavy atom. The van der Waals surface area contributed by atoms with Crippen LogP contribution in [0.1, 0.15) is 41.7 Å². The van der Waals surface area contributed by atoms with Crippen LogP contribution in [-0.4, -0.2) is 43.2 Å². The molecule has 2 rings (SSSR count). The van der Waals surface area contributed by atoms with E-state index in [0.29, 0.717) is 22.4 Å². The van der Waals surface area contributed by atoms with Crippen molar-refractivity contribution in [1.29, 1.82) is 0 Å². The smallest absolute Gasteiger partial charge is 0.324 e. The molecule has 0 aliphatic rings. The van der Waals surface area contributed by atoms with Crippen molar-refractivity contribution < 1.29 is 33.0 Å². The maximum absolute atomic E-state index is 13.0. The molecule has 0 bridgehead atoms. The van der Waals surface area contributed by atoms with Crippen LogP contribution in [0.15, 0.2) is 35.2 Å². The molecule has 4 N–H and O–H groups in total. The Morgan fingerprint density at radius 1 is 1.03 bits per heavy atom. The lowest BCUT2D eigenvalue weighted by atomic mass is 9.86. The lowest BCUT2D eigenvalue weighted by Crippen LogP contribution is -2.56. The molecule has 1 unspecified atom stereocenters. The van der Waals surface area contributed by atoms with Crippen LogP contribution in [0.2, 0.25) is 0 Å². The number of hydrogen-bond donors (Lipinski definition) is 4. The molecule has 186 valence electrons. The number of aliphatic carboxylic acids is 2. The molecule has 0 amide bonds. The number of nitrogens with one attached hydrogen (secondary N) is 2. The van der Waals surface area contributed by atoms with E-state index in [0.717, 1.165) is 11.1 Å². The zero-order valence-corrected chi connectivity index (χ0v) is 21.0. The number of hydrogen-bond acceptors (Lipinski definition) is 6. The molecule has 2 aromatic carbocycles. The first-order valence-electron chi connectivity index (χ1n) is 10.7. The summed E-state index contributed by atoms with van der Waals surface area (Å²) >= 11 is 0. The highest BCUT2D eigenvalue weighted by atomic mass is 32.2. The molecule has 34 heavy (non-hydrogen) atoms.